The van der Waals surface area contributed by atoms with Crippen LogP contribution in [0.15, 0.2) is 18.2 Å². The average Bonchev–Trinajstić information content (AvgIpc) is 2.45. The van der Waals surface area contributed by atoms with E-state index < -0.39 is 17.6 Å². The zero-order valence-corrected chi connectivity index (χ0v) is 12.3. The van der Waals surface area contributed by atoms with Crippen molar-refractivity contribution in [3.63, 3.8) is 0 Å². The molecule has 118 valence electrons. The van der Waals surface area contributed by atoms with Crippen molar-refractivity contribution >= 4 is 11.6 Å². The second kappa shape index (κ2) is 6.80. The Morgan fingerprint density at radius 3 is 2.33 bits per heavy atom. The van der Waals surface area contributed by atoms with Crippen molar-refractivity contribution < 1.29 is 18.0 Å². The van der Waals surface area contributed by atoms with Crippen LogP contribution in [0.2, 0.25) is 0 Å². The van der Waals surface area contributed by atoms with Crippen LogP contribution < -0.4 is 11.3 Å². The van der Waals surface area contributed by atoms with Crippen LogP contribution in [0.5, 0.6) is 0 Å². The fraction of sp³-hybridized carbons (Fsp3) is 0.500. The van der Waals surface area contributed by atoms with E-state index in [-0.39, 0.29) is 17.3 Å². The van der Waals surface area contributed by atoms with Gasteiger partial charge in [-0.05, 0) is 31.0 Å². The molecule has 0 aliphatic heterocycles. The van der Waals surface area contributed by atoms with E-state index in [0.717, 1.165) is 31.0 Å². The summed E-state index contributed by atoms with van der Waals surface area (Å²) in [6.45, 7) is 3.85. The number of hydrogen-bond acceptors (Lipinski definition) is 3. The molecule has 0 radical (unpaired) electrons. The molecule has 0 aliphatic rings. The number of amides is 1. The lowest BCUT2D eigenvalue weighted by molar-refractivity contribution is -0.137. The molecular formula is C14H20F3N3O. The fourth-order valence-electron chi connectivity index (χ4n) is 2.22. The van der Waals surface area contributed by atoms with Gasteiger partial charge in [0, 0.05) is 13.1 Å². The molecule has 0 saturated carbocycles. The summed E-state index contributed by atoms with van der Waals surface area (Å²) in [5.41, 5.74) is 1.49. The summed E-state index contributed by atoms with van der Waals surface area (Å²) in [5.74, 6) is 4.80. The van der Waals surface area contributed by atoms with Crippen LogP contribution in [-0.4, -0.2) is 23.9 Å². The molecule has 0 heterocycles. The molecule has 0 aliphatic carbocycles. The Morgan fingerprint density at radius 2 is 1.90 bits per heavy atom. The van der Waals surface area contributed by atoms with Crippen molar-refractivity contribution in [2.45, 2.75) is 38.9 Å². The first-order chi connectivity index (χ1) is 9.76. The molecule has 21 heavy (non-hydrogen) atoms. The molecule has 4 nitrogen and oxygen atoms in total. The van der Waals surface area contributed by atoms with Crippen LogP contribution in [0.3, 0.4) is 0 Å². The van der Waals surface area contributed by atoms with Crippen LogP contribution in [0.1, 0.15) is 42.6 Å². The number of carbonyl (C=O) groups is 1. The van der Waals surface area contributed by atoms with E-state index in [0.29, 0.717) is 0 Å². The summed E-state index contributed by atoms with van der Waals surface area (Å²) in [7, 11) is 1.58. The molecular weight excluding hydrogens is 283 g/mol. The number of benzene rings is 1. The highest BCUT2D eigenvalue weighted by atomic mass is 19.4. The van der Waals surface area contributed by atoms with Crippen molar-refractivity contribution in [2.75, 3.05) is 12.5 Å². The van der Waals surface area contributed by atoms with E-state index in [4.69, 9.17) is 5.84 Å². The number of rotatable bonds is 5. The van der Waals surface area contributed by atoms with Crippen LogP contribution >= 0.6 is 0 Å². The Kier molecular flexibility index (Phi) is 5.60. The van der Waals surface area contributed by atoms with Gasteiger partial charge in [0.25, 0.3) is 5.91 Å². The maximum absolute atomic E-state index is 12.8. The normalized spacial score (nSPS) is 11.6. The summed E-state index contributed by atoms with van der Waals surface area (Å²) >= 11 is 0. The topological polar surface area (TPSA) is 58.4 Å². The van der Waals surface area contributed by atoms with E-state index in [1.807, 2.05) is 13.8 Å². The zero-order valence-electron chi connectivity index (χ0n) is 12.3. The minimum Gasteiger partial charge on any atom is -0.339 e. The number of nitrogen functional groups attached to an aromatic ring is 1. The van der Waals surface area contributed by atoms with Crippen molar-refractivity contribution in [3.8, 4) is 0 Å². The second-order valence-electron chi connectivity index (χ2n) is 4.79. The number of hydrogen-bond donors (Lipinski definition) is 2. The van der Waals surface area contributed by atoms with Gasteiger partial charge in [-0.25, -0.2) is 0 Å². The van der Waals surface area contributed by atoms with Crippen molar-refractivity contribution in [3.05, 3.63) is 29.3 Å². The van der Waals surface area contributed by atoms with Crippen LogP contribution in [0, 0.1) is 0 Å². The number of nitrogens with two attached hydrogens (primary N) is 1. The number of halogens is 3. The molecule has 0 unspecified atom stereocenters. The first kappa shape index (κ1) is 17.3. The smallest absolute Gasteiger partial charge is 0.339 e. The molecule has 0 atom stereocenters. The maximum Gasteiger partial charge on any atom is 0.416 e. The standard InChI is InChI=1S/C14H20F3N3O/c1-4-10(5-2)20(3)13(21)11-8-9(14(15,16)17)6-7-12(11)19-18/h6-8,10,19H,4-5,18H2,1-3H3. The third-order valence-electron chi connectivity index (χ3n) is 3.54. The van der Waals surface area contributed by atoms with Gasteiger partial charge in [-0.15, -0.1) is 0 Å². The summed E-state index contributed by atoms with van der Waals surface area (Å²) in [4.78, 5) is 13.9. The van der Waals surface area contributed by atoms with Crippen LogP contribution in [0.25, 0.3) is 0 Å². The van der Waals surface area contributed by atoms with Gasteiger partial charge in [-0.1, -0.05) is 13.8 Å². The van der Waals surface area contributed by atoms with Crippen molar-refractivity contribution in [2.24, 2.45) is 5.84 Å². The highest BCUT2D eigenvalue weighted by Crippen LogP contribution is 2.32. The Morgan fingerprint density at radius 1 is 1.33 bits per heavy atom. The lowest BCUT2D eigenvalue weighted by atomic mass is 10.0. The lowest BCUT2D eigenvalue weighted by Gasteiger charge is -2.27. The van der Waals surface area contributed by atoms with Gasteiger partial charge in [-0.2, -0.15) is 13.2 Å². The summed E-state index contributed by atoms with van der Waals surface area (Å²) in [6.07, 6.45) is -3.05. The van der Waals surface area contributed by atoms with Crippen molar-refractivity contribution in [1.82, 2.24) is 4.90 Å². The Bertz CT molecular complexity index is 499. The zero-order chi connectivity index (χ0) is 16.2. The van der Waals surface area contributed by atoms with Crippen molar-refractivity contribution in [1.29, 1.82) is 0 Å². The monoisotopic (exact) mass is 303 g/mol. The van der Waals surface area contributed by atoms with Crippen LogP contribution in [-0.2, 0) is 6.18 Å². The predicted octanol–water partition coefficient (Wildman–Crippen LogP) is 3.25. The number of carbonyl (C=O) groups excluding carboxylic acids is 1. The Balaban J connectivity index is 3.23. The fourth-order valence-corrected chi connectivity index (χ4v) is 2.22. The third-order valence-corrected chi connectivity index (χ3v) is 3.54. The molecule has 0 fully saturated rings. The quantitative estimate of drug-likeness (QED) is 0.648. The van der Waals surface area contributed by atoms with Gasteiger partial charge in [0.1, 0.15) is 0 Å². The number of nitrogens with zero attached hydrogens (tertiary/aromatic N) is 1. The van der Waals surface area contributed by atoms with Gasteiger partial charge in [0.05, 0.1) is 16.8 Å². The molecule has 1 amide bonds. The number of hydrazine groups is 1. The molecule has 1 aromatic rings. The first-order valence-corrected chi connectivity index (χ1v) is 6.71. The van der Waals surface area contributed by atoms with Gasteiger partial charge in [0.15, 0.2) is 0 Å². The molecule has 0 bridgehead atoms. The van der Waals surface area contributed by atoms with E-state index in [1.165, 1.54) is 4.90 Å². The Hall–Kier alpha value is -1.76. The molecule has 0 aromatic heterocycles. The number of nitrogens with one attached hydrogen (secondary N) is 1. The largest absolute Gasteiger partial charge is 0.416 e. The van der Waals surface area contributed by atoms with Gasteiger partial charge >= 0.3 is 6.18 Å². The minimum atomic E-state index is -4.50. The molecule has 1 aromatic carbocycles. The second-order valence-corrected chi connectivity index (χ2v) is 4.79. The van der Waals surface area contributed by atoms with Gasteiger partial charge < -0.3 is 10.3 Å². The van der Waals surface area contributed by atoms with E-state index in [2.05, 4.69) is 5.43 Å². The Labute approximate surface area is 122 Å². The van der Waals surface area contributed by atoms with Gasteiger partial charge in [0.2, 0.25) is 0 Å². The van der Waals surface area contributed by atoms with Gasteiger partial charge in [-0.3, -0.25) is 10.6 Å². The van der Waals surface area contributed by atoms with Crippen LogP contribution in [0.4, 0.5) is 18.9 Å². The number of anilines is 1. The summed E-state index contributed by atoms with van der Waals surface area (Å²) in [5, 5.41) is 0. The number of alkyl halides is 3. The summed E-state index contributed by atoms with van der Waals surface area (Å²) in [6, 6.07) is 2.86. The predicted molar refractivity (Wildman–Crippen MR) is 75.7 cm³/mol. The van der Waals surface area contributed by atoms with E-state index in [1.54, 1.807) is 7.05 Å². The molecule has 1 rings (SSSR count). The molecule has 7 heteroatoms. The summed E-state index contributed by atoms with van der Waals surface area (Å²) < 4.78 is 38.3. The third kappa shape index (κ3) is 3.87. The molecule has 3 N–H and O–H groups in total. The first-order valence-electron chi connectivity index (χ1n) is 6.71. The minimum absolute atomic E-state index is 0.0299. The highest BCUT2D eigenvalue weighted by molar-refractivity contribution is 5.99. The lowest BCUT2D eigenvalue weighted by Crippen LogP contribution is -2.37. The highest BCUT2D eigenvalue weighted by Gasteiger charge is 2.32. The van der Waals surface area contributed by atoms with E-state index in [9.17, 15) is 18.0 Å². The molecule has 0 saturated heterocycles. The van der Waals surface area contributed by atoms with E-state index >= 15 is 0 Å². The average molecular weight is 303 g/mol. The SMILES string of the molecule is CCC(CC)N(C)C(=O)c1cc(C(F)(F)F)ccc1NN. The maximum atomic E-state index is 12.8. The molecule has 0 spiro atoms.